The Morgan fingerprint density at radius 3 is 2.38 bits per heavy atom. The summed E-state index contributed by atoms with van der Waals surface area (Å²) < 4.78 is 0. The number of anilines is 1. The molecule has 2 rings (SSSR count). The average molecular weight is 289 g/mol. The first kappa shape index (κ1) is 15.5. The van der Waals surface area contributed by atoms with E-state index >= 15 is 0 Å². The van der Waals surface area contributed by atoms with Gasteiger partial charge in [-0.2, -0.15) is 0 Å². The molecule has 1 unspecified atom stereocenters. The predicted octanol–water partition coefficient (Wildman–Crippen LogP) is 1.89. The highest BCUT2D eigenvalue weighted by Gasteiger charge is 2.29. The smallest absolute Gasteiger partial charge is 0.251 e. The molecular formula is C16H23N3O2. The van der Waals surface area contributed by atoms with Crippen molar-refractivity contribution in [2.75, 3.05) is 5.32 Å². The van der Waals surface area contributed by atoms with E-state index in [1.807, 2.05) is 13.8 Å². The zero-order valence-electron chi connectivity index (χ0n) is 12.6. The van der Waals surface area contributed by atoms with Gasteiger partial charge in [0.1, 0.15) is 0 Å². The molecule has 21 heavy (non-hydrogen) atoms. The number of nitrogens with two attached hydrogens (primary N) is 1. The van der Waals surface area contributed by atoms with Crippen LogP contribution in [-0.2, 0) is 4.79 Å². The Kier molecular flexibility index (Phi) is 4.96. The van der Waals surface area contributed by atoms with E-state index in [1.165, 1.54) is 0 Å². The molecule has 114 valence electrons. The third-order valence-electron chi connectivity index (χ3n) is 3.50. The van der Waals surface area contributed by atoms with E-state index in [9.17, 15) is 9.59 Å². The highest BCUT2D eigenvalue weighted by atomic mass is 16.2. The number of hydrogen-bond acceptors (Lipinski definition) is 3. The molecule has 0 aromatic heterocycles. The SMILES string of the molecule is CC(C)NC(=O)c1ccc(NC(=O)CC(N)C2CC2)cc1. The van der Waals surface area contributed by atoms with Gasteiger partial charge in [0, 0.05) is 29.8 Å². The molecule has 2 amide bonds. The maximum atomic E-state index is 11.8. The van der Waals surface area contributed by atoms with Gasteiger partial charge in [0.15, 0.2) is 0 Å². The van der Waals surface area contributed by atoms with Crippen LogP contribution in [0, 0.1) is 5.92 Å². The quantitative estimate of drug-likeness (QED) is 0.747. The van der Waals surface area contributed by atoms with Crippen LogP contribution in [0.3, 0.4) is 0 Å². The summed E-state index contributed by atoms with van der Waals surface area (Å²) >= 11 is 0. The Morgan fingerprint density at radius 1 is 1.24 bits per heavy atom. The van der Waals surface area contributed by atoms with Gasteiger partial charge in [-0.05, 0) is 56.9 Å². The molecule has 1 aromatic rings. The summed E-state index contributed by atoms with van der Waals surface area (Å²) in [6, 6.07) is 6.93. The van der Waals surface area contributed by atoms with Crippen LogP contribution in [0.15, 0.2) is 24.3 Å². The Bertz CT molecular complexity index is 507. The molecule has 0 spiro atoms. The number of hydrogen-bond donors (Lipinski definition) is 3. The summed E-state index contributed by atoms with van der Waals surface area (Å²) in [5.74, 6) is 0.324. The van der Waals surface area contributed by atoms with Gasteiger partial charge >= 0.3 is 0 Å². The van der Waals surface area contributed by atoms with Gasteiger partial charge in [0.2, 0.25) is 5.91 Å². The topological polar surface area (TPSA) is 84.2 Å². The number of nitrogens with one attached hydrogen (secondary N) is 2. The predicted molar refractivity (Wildman–Crippen MR) is 83.0 cm³/mol. The lowest BCUT2D eigenvalue weighted by Gasteiger charge is -2.11. The van der Waals surface area contributed by atoms with Crippen LogP contribution < -0.4 is 16.4 Å². The van der Waals surface area contributed by atoms with Gasteiger partial charge in [0.25, 0.3) is 5.91 Å². The minimum atomic E-state index is -0.112. The van der Waals surface area contributed by atoms with Gasteiger partial charge in [-0.25, -0.2) is 0 Å². The average Bonchev–Trinajstić information content (AvgIpc) is 3.22. The number of amides is 2. The Labute approximate surface area is 125 Å². The molecule has 0 aliphatic heterocycles. The van der Waals surface area contributed by atoms with Crippen molar-refractivity contribution in [3.63, 3.8) is 0 Å². The van der Waals surface area contributed by atoms with Crippen molar-refractivity contribution in [1.82, 2.24) is 5.32 Å². The third-order valence-corrected chi connectivity index (χ3v) is 3.50. The minimum absolute atomic E-state index is 0.0407. The normalized spacial score (nSPS) is 15.6. The van der Waals surface area contributed by atoms with Gasteiger partial charge < -0.3 is 16.4 Å². The molecule has 1 fully saturated rings. The number of rotatable bonds is 6. The lowest BCUT2D eigenvalue weighted by atomic mass is 10.1. The molecule has 4 N–H and O–H groups in total. The van der Waals surface area contributed by atoms with Gasteiger partial charge in [0.05, 0.1) is 0 Å². The fraction of sp³-hybridized carbons (Fsp3) is 0.500. The van der Waals surface area contributed by atoms with Crippen LogP contribution in [0.5, 0.6) is 0 Å². The molecule has 1 aliphatic carbocycles. The maximum Gasteiger partial charge on any atom is 0.251 e. The molecule has 1 saturated carbocycles. The molecule has 0 bridgehead atoms. The Hall–Kier alpha value is -1.88. The van der Waals surface area contributed by atoms with Crippen molar-refractivity contribution in [2.45, 2.75) is 45.2 Å². The van der Waals surface area contributed by atoms with Crippen molar-refractivity contribution in [3.05, 3.63) is 29.8 Å². The highest BCUT2D eigenvalue weighted by molar-refractivity contribution is 5.96. The fourth-order valence-electron chi connectivity index (χ4n) is 2.17. The number of carbonyl (C=O) groups is 2. The monoisotopic (exact) mass is 289 g/mol. The van der Waals surface area contributed by atoms with E-state index in [1.54, 1.807) is 24.3 Å². The molecule has 0 radical (unpaired) electrons. The van der Waals surface area contributed by atoms with Gasteiger partial charge in [-0.3, -0.25) is 9.59 Å². The van der Waals surface area contributed by atoms with E-state index in [0.29, 0.717) is 23.6 Å². The van der Waals surface area contributed by atoms with E-state index in [4.69, 9.17) is 5.73 Å². The van der Waals surface area contributed by atoms with Crippen LogP contribution >= 0.6 is 0 Å². The lowest BCUT2D eigenvalue weighted by Crippen LogP contribution is -2.30. The number of carbonyl (C=O) groups excluding carboxylic acids is 2. The first-order valence-electron chi connectivity index (χ1n) is 7.42. The van der Waals surface area contributed by atoms with E-state index in [-0.39, 0.29) is 23.9 Å². The fourth-order valence-corrected chi connectivity index (χ4v) is 2.17. The second-order valence-electron chi connectivity index (χ2n) is 5.96. The van der Waals surface area contributed by atoms with E-state index in [2.05, 4.69) is 10.6 Å². The van der Waals surface area contributed by atoms with Crippen LogP contribution in [0.25, 0.3) is 0 Å². The molecule has 5 nitrogen and oxygen atoms in total. The molecule has 0 saturated heterocycles. The second-order valence-corrected chi connectivity index (χ2v) is 5.96. The van der Waals surface area contributed by atoms with Crippen molar-refractivity contribution >= 4 is 17.5 Å². The summed E-state index contributed by atoms with van der Waals surface area (Å²) in [6.45, 7) is 3.82. The Morgan fingerprint density at radius 2 is 1.86 bits per heavy atom. The first-order valence-corrected chi connectivity index (χ1v) is 7.42. The van der Waals surface area contributed by atoms with Crippen LogP contribution in [-0.4, -0.2) is 23.9 Å². The van der Waals surface area contributed by atoms with Gasteiger partial charge in [-0.1, -0.05) is 0 Å². The highest BCUT2D eigenvalue weighted by Crippen LogP contribution is 2.32. The molecule has 1 aliphatic rings. The lowest BCUT2D eigenvalue weighted by molar-refractivity contribution is -0.116. The zero-order chi connectivity index (χ0) is 15.4. The largest absolute Gasteiger partial charge is 0.350 e. The summed E-state index contributed by atoms with van der Waals surface area (Å²) in [7, 11) is 0. The van der Waals surface area contributed by atoms with E-state index < -0.39 is 0 Å². The molecule has 0 heterocycles. The molecular weight excluding hydrogens is 266 g/mol. The summed E-state index contributed by atoms with van der Waals surface area (Å²) in [6.07, 6.45) is 2.61. The second kappa shape index (κ2) is 6.72. The van der Waals surface area contributed by atoms with Crippen molar-refractivity contribution < 1.29 is 9.59 Å². The first-order chi connectivity index (χ1) is 9.95. The third kappa shape index (κ3) is 4.86. The maximum absolute atomic E-state index is 11.8. The Balaban J connectivity index is 1.86. The van der Waals surface area contributed by atoms with Crippen molar-refractivity contribution in [2.24, 2.45) is 11.7 Å². The van der Waals surface area contributed by atoms with Crippen molar-refractivity contribution in [3.8, 4) is 0 Å². The molecule has 1 atom stereocenters. The number of benzene rings is 1. The summed E-state index contributed by atoms with van der Waals surface area (Å²) in [5, 5.41) is 5.63. The van der Waals surface area contributed by atoms with Crippen molar-refractivity contribution in [1.29, 1.82) is 0 Å². The van der Waals surface area contributed by atoms with Gasteiger partial charge in [-0.15, -0.1) is 0 Å². The molecule has 1 aromatic carbocycles. The van der Waals surface area contributed by atoms with Crippen LogP contribution in [0.2, 0.25) is 0 Å². The van der Waals surface area contributed by atoms with Crippen LogP contribution in [0.1, 0.15) is 43.5 Å². The van der Waals surface area contributed by atoms with Crippen LogP contribution in [0.4, 0.5) is 5.69 Å². The summed E-state index contributed by atoms with van der Waals surface area (Å²) in [4.78, 5) is 23.6. The zero-order valence-corrected chi connectivity index (χ0v) is 12.6. The minimum Gasteiger partial charge on any atom is -0.350 e. The standard InChI is InChI=1S/C16H23N3O2/c1-10(2)18-16(21)12-5-7-13(8-6-12)19-15(20)9-14(17)11-3-4-11/h5-8,10-11,14H,3-4,9,17H2,1-2H3,(H,18,21)(H,19,20). The van der Waals surface area contributed by atoms with E-state index in [0.717, 1.165) is 12.8 Å². The molecule has 5 heteroatoms. The summed E-state index contributed by atoms with van der Waals surface area (Å²) in [5.41, 5.74) is 7.19.